The fourth-order valence-corrected chi connectivity index (χ4v) is 2.25. The van der Waals surface area contributed by atoms with Crippen LogP contribution >= 0.6 is 0 Å². The summed E-state index contributed by atoms with van der Waals surface area (Å²) in [4.78, 5) is 7.79. The number of nitrogens with zero attached hydrogens (tertiary/aromatic N) is 4. The van der Waals surface area contributed by atoms with Crippen molar-refractivity contribution in [2.24, 2.45) is 7.05 Å². The molecule has 138 valence electrons. The van der Waals surface area contributed by atoms with Gasteiger partial charge in [-0.05, 0) is 33.3 Å². The lowest BCUT2D eigenvalue weighted by Crippen LogP contribution is -2.14. The minimum atomic E-state index is -4.55. The van der Waals surface area contributed by atoms with Crippen LogP contribution in [0.5, 0.6) is 0 Å². The number of nitrogens with one attached hydrogen (secondary N) is 1. The van der Waals surface area contributed by atoms with Crippen molar-refractivity contribution in [3.8, 4) is 11.3 Å². The quantitative estimate of drug-likeness (QED) is 0.769. The highest BCUT2D eigenvalue weighted by Gasteiger charge is 2.34. The Bertz CT molecular complexity index is 712. The van der Waals surface area contributed by atoms with Gasteiger partial charge < -0.3 is 10.1 Å². The molecule has 0 saturated carbocycles. The van der Waals surface area contributed by atoms with Gasteiger partial charge in [-0.3, -0.25) is 4.68 Å². The summed E-state index contributed by atoms with van der Waals surface area (Å²) in [6.07, 6.45) is -2.16. The number of halogens is 3. The SMILES string of the molecule is Cc1nn(C)cc1-c1cc(C(F)(F)F)nc(NCCCOC(C)C)n1. The molecule has 0 bridgehead atoms. The Morgan fingerprint density at radius 2 is 2.00 bits per heavy atom. The van der Waals surface area contributed by atoms with E-state index in [2.05, 4.69) is 20.4 Å². The molecule has 0 aliphatic carbocycles. The average Bonchev–Trinajstić information content (AvgIpc) is 2.84. The molecule has 0 amide bonds. The van der Waals surface area contributed by atoms with Gasteiger partial charge in [0.25, 0.3) is 0 Å². The van der Waals surface area contributed by atoms with Crippen molar-refractivity contribution in [2.45, 2.75) is 39.5 Å². The van der Waals surface area contributed by atoms with Crippen LogP contribution in [0, 0.1) is 6.92 Å². The minimum Gasteiger partial charge on any atom is -0.379 e. The largest absolute Gasteiger partial charge is 0.433 e. The molecule has 2 heterocycles. The zero-order valence-electron chi connectivity index (χ0n) is 14.7. The maximum atomic E-state index is 13.1. The van der Waals surface area contributed by atoms with Gasteiger partial charge in [0, 0.05) is 32.0 Å². The van der Waals surface area contributed by atoms with Crippen LogP contribution in [0.4, 0.5) is 19.1 Å². The van der Waals surface area contributed by atoms with Crippen molar-refractivity contribution in [1.29, 1.82) is 0 Å². The Hall–Kier alpha value is -2.16. The molecule has 0 aromatic carbocycles. The van der Waals surface area contributed by atoms with E-state index >= 15 is 0 Å². The molecular formula is C16H22F3N5O. The predicted molar refractivity (Wildman–Crippen MR) is 88.2 cm³/mol. The van der Waals surface area contributed by atoms with E-state index < -0.39 is 11.9 Å². The second-order valence-electron chi connectivity index (χ2n) is 5.96. The number of ether oxygens (including phenoxy) is 1. The molecule has 2 aromatic heterocycles. The summed E-state index contributed by atoms with van der Waals surface area (Å²) in [7, 11) is 1.70. The molecule has 1 N–H and O–H groups in total. The fraction of sp³-hybridized carbons (Fsp3) is 0.562. The Morgan fingerprint density at radius 3 is 2.56 bits per heavy atom. The fourth-order valence-electron chi connectivity index (χ4n) is 2.25. The number of aryl methyl sites for hydroxylation is 2. The summed E-state index contributed by atoms with van der Waals surface area (Å²) in [6, 6.07) is 0.942. The van der Waals surface area contributed by atoms with Crippen molar-refractivity contribution in [3.63, 3.8) is 0 Å². The third kappa shape index (κ3) is 5.42. The summed E-state index contributed by atoms with van der Waals surface area (Å²) in [6.45, 7) is 6.50. The maximum absolute atomic E-state index is 13.1. The van der Waals surface area contributed by atoms with Crippen molar-refractivity contribution in [2.75, 3.05) is 18.5 Å². The summed E-state index contributed by atoms with van der Waals surface area (Å²) in [5.74, 6) is -0.0578. The van der Waals surface area contributed by atoms with Crippen molar-refractivity contribution in [1.82, 2.24) is 19.7 Å². The maximum Gasteiger partial charge on any atom is 0.433 e. The van der Waals surface area contributed by atoms with Crippen molar-refractivity contribution >= 4 is 5.95 Å². The van der Waals surface area contributed by atoms with Crippen LogP contribution in [0.15, 0.2) is 12.3 Å². The Kier molecular flexibility index (Phi) is 5.99. The second-order valence-corrected chi connectivity index (χ2v) is 5.96. The summed E-state index contributed by atoms with van der Waals surface area (Å²) >= 11 is 0. The van der Waals surface area contributed by atoms with Gasteiger partial charge in [0.05, 0.1) is 17.5 Å². The first-order valence-electron chi connectivity index (χ1n) is 7.99. The monoisotopic (exact) mass is 357 g/mol. The van der Waals surface area contributed by atoms with Crippen LogP contribution in [0.3, 0.4) is 0 Å². The van der Waals surface area contributed by atoms with E-state index in [1.54, 1.807) is 20.2 Å². The van der Waals surface area contributed by atoms with Gasteiger partial charge in [0.2, 0.25) is 5.95 Å². The van der Waals surface area contributed by atoms with Gasteiger partial charge in [-0.2, -0.15) is 18.3 Å². The molecule has 0 atom stereocenters. The van der Waals surface area contributed by atoms with E-state index in [0.29, 0.717) is 30.8 Å². The lowest BCUT2D eigenvalue weighted by molar-refractivity contribution is -0.141. The second kappa shape index (κ2) is 7.81. The first kappa shape index (κ1) is 19.2. The molecule has 0 fully saturated rings. The van der Waals surface area contributed by atoms with Crippen LogP contribution in [-0.4, -0.2) is 39.0 Å². The number of aromatic nitrogens is 4. The van der Waals surface area contributed by atoms with E-state index in [1.165, 1.54) is 4.68 Å². The number of anilines is 1. The van der Waals surface area contributed by atoms with E-state index in [-0.39, 0.29) is 17.7 Å². The third-order valence-corrected chi connectivity index (χ3v) is 3.36. The lowest BCUT2D eigenvalue weighted by Gasteiger charge is -2.12. The molecule has 2 aromatic rings. The van der Waals surface area contributed by atoms with Gasteiger partial charge in [-0.25, -0.2) is 9.97 Å². The van der Waals surface area contributed by atoms with Gasteiger partial charge in [0.1, 0.15) is 0 Å². The number of rotatable bonds is 7. The molecule has 0 aliphatic rings. The normalized spacial score (nSPS) is 12.0. The Morgan fingerprint density at radius 1 is 1.28 bits per heavy atom. The van der Waals surface area contributed by atoms with Gasteiger partial charge in [-0.1, -0.05) is 0 Å². The molecule has 0 aliphatic heterocycles. The minimum absolute atomic E-state index is 0.0578. The van der Waals surface area contributed by atoms with Crippen LogP contribution in [0.1, 0.15) is 31.7 Å². The zero-order valence-corrected chi connectivity index (χ0v) is 14.7. The molecule has 0 saturated heterocycles. The van der Waals surface area contributed by atoms with Crippen LogP contribution < -0.4 is 5.32 Å². The van der Waals surface area contributed by atoms with E-state index in [1.807, 2.05) is 13.8 Å². The standard InChI is InChI=1S/C16H22F3N5O/c1-10(2)25-7-5-6-20-15-21-13(8-14(22-15)16(17,18)19)12-9-24(4)23-11(12)3/h8-10H,5-7H2,1-4H3,(H,20,21,22). The van der Waals surface area contributed by atoms with Gasteiger partial charge in [-0.15, -0.1) is 0 Å². The molecule has 9 heteroatoms. The lowest BCUT2D eigenvalue weighted by atomic mass is 10.1. The van der Waals surface area contributed by atoms with Crippen molar-refractivity contribution < 1.29 is 17.9 Å². The molecule has 0 unspecified atom stereocenters. The molecule has 0 radical (unpaired) electrons. The predicted octanol–water partition coefficient (Wildman–Crippen LogP) is 3.43. The highest BCUT2D eigenvalue weighted by Crippen LogP contribution is 2.31. The summed E-state index contributed by atoms with van der Waals surface area (Å²) < 4.78 is 46.4. The van der Waals surface area contributed by atoms with Gasteiger partial charge in [0.15, 0.2) is 5.69 Å². The van der Waals surface area contributed by atoms with E-state index in [0.717, 1.165) is 6.07 Å². The van der Waals surface area contributed by atoms with Crippen LogP contribution in [-0.2, 0) is 18.0 Å². The molecular weight excluding hydrogens is 335 g/mol. The number of hydrogen-bond acceptors (Lipinski definition) is 5. The van der Waals surface area contributed by atoms with Crippen LogP contribution in [0.25, 0.3) is 11.3 Å². The summed E-state index contributed by atoms with van der Waals surface area (Å²) in [5, 5.41) is 6.99. The third-order valence-electron chi connectivity index (χ3n) is 3.36. The van der Waals surface area contributed by atoms with E-state index in [4.69, 9.17) is 4.74 Å². The molecule has 25 heavy (non-hydrogen) atoms. The van der Waals surface area contributed by atoms with Gasteiger partial charge >= 0.3 is 6.18 Å². The molecule has 6 nitrogen and oxygen atoms in total. The van der Waals surface area contributed by atoms with Crippen molar-refractivity contribution in [3.05, 3.63) is 23.7 Å². The summed E-state index contributed by atoms with van der Waals surface area (Å²) in [5.41, 5.74) is 0.350. The molecule has 0 spiro atoms. The Balaban J connectivity index is 2.21. The zero-order chi connectivity index (χ0) is 18.6. The highest BCUT2D eigenvalue weighted by molar-refractivity contribution is 5.62. The topological polar surface area (TPSA) is 64.9 Å². The average molecular weight is 357 g/mol. The van der Waals surface area contributed by atoms with E-state index in [9.17, 15) is 13.2 Å². The first-order chi connectivity index (χ1) is 11.7. The van der Waals surface area contributed by atoms with Crippen LogP contribution in [0.2, 0.25) is 0 Å². The Labute approximate surface area is 144 Å². The number of hydrogen-bond donors (Lipinski definition) is 1. The molecule has 2 rings (SSSR count). The first-order valence-corrected chi connectivity index (χ1v) is 7.99. The number of alkyl halides is 3. The highest BCUT2D eigenvalue weighted by atomic mass is 19.4. The smallest absolute Gasteiger partial charge is 0.379 e.